The van der Waals surface area contributed by atoms with E-state index < -0.39 is 5.97 Å². The lowest BCUT2D eigenvalue weighted by molar-refractivity contribution is 0.0600. The standard InChI is InChI=1S/C19H18N4O3/c1-10-5-16(23(2)22-10)15-8-14-13(9-20-15)12-6-11(19(24)26-4)7-17(25-3)18(12)21-14/h5-9,21H,1-4H3. The van der Waals surface area contributed by atoms with Gasteiger partial charge >= 0.3 is 5.97 Å². The molecule has 132 valence electrons. The molecular weight excluding hydrogens is 332 g/mol. The first kappa shape index (κ1) is 16.1. The van der Waals surface area contributed by atoms with Crippen LogP contribution < -0.4 is 4.74 Å². The van der Waals surface area contributed by atoms with Gasteiger partial charge in [0.25, 0.3) is 0 Å². The molecule has 0 radical (unpaired) electrons. The fraction of sp³-hybridized carbons (Fsp3) is 0.211. The van der Waals surface area contributed by atoms with Crippen LogP contribution in [0.1, 0.15) is 16.1 Å². The van der Waals surface area contributed by atoms with Crippen LogP contribution in [0.25, 0.3) is 33.2 Å². The second kappa shape index (κ2) is 5.87. The minimum absolute atomic E-state index is 0.408. The van der Waals surface area contributed by atoms with Gasteiger partial charge in [-0.25, -0.2) is 4.79 Å². The Balaban J connectivity index is 1.96. The number of ether oxygens (including phenoxy) is 2. The van der Waals surface area contributed by atoms with Crippen molar-refractivity contribution in [3.05, 3.63) is 41.7 Å². The van der Waals surface area contributed by atoms with Gasteiger partial charge in [0.15, 0.2) is 0 Å². The fourth-order valence-corrected chi connectivity index (χ4v) is 3.25. The number of aromatic amines is 1. The maximum atomic E-state index is 11.9. The highest BCUT2D eigenvalue weighted by Gasteiger charge is 2.16. The first-order valence-corrected chi connectivity index (χ1v) is 8.10. The zero-order valence-corrected chi connectivity index (χ0v) is 15.0. The molecule has 1 N–H and O–H groups in total. The van der Waals surface area contributed by atoms with Crippen molar-refractivity contribution in [2.45, 2.75) is 6.92 Å². The van der Waals surface area contributed by atoms with Gasteiger partial charge in [0, 0.05) is 24.0 Å². The Hall–Kier alpha value is -3.35. The number of esters is 1. The Labute approximate surface area is 149 Å². The molecule has 0 aliphatic heterocycles. The van der Waals surface area contributed by atoms with Crippen LogP contribution in [0.2, 0.25) is 0 Å². The van der Waals surface area contributed by atoms with Gasteiger partial charge < -0.3 is 14.5 Å². The largest absolute Gasteiger partial charge is 0.495 e. The summed E-state index contributed by atoms with van der Waals surface area (Å²) >= 11 is 0. The van der Waals surface area contributed by atoms with E-state index in [9.17, 15) is 4.79 Å². The molecule has 3 heterocycles. The third-order valence-electron chi connectivity index (χ3n) is 4.46. The minimum atomic E-state index is -0.408. The summed E-state index contributed by atoms with van der Waals surface area (Å²) in [7, 11) is 4.83. The Morgan fingerprint density at radius 2 is 1.96 bits per heavy atom. The molecule has 1 aromatic carbocycles. The first-order chi connectivity index (χ1) is 12.5. The SMILES string of the molecule is COC(=O)c1cc(OC)c2[nH]c3cc(-c4cc(C)nn4C)ncc3c2c1. The third-order valence-corrected chi connectivity index (χ3v) is 4.46. The van der Waals surface area contributed by atoms with Crippen molar-refractivity contribution in [1.82, 2.24) is 19.7 Å². The van der Waals surface area contributed by atoms with Crippen LogP contribution in [-0.2, 0) is 11.8 Å². The lowest BCUT2D eigenvalue weighted by Crippen LogP contribution is -2.01. The molecule has 0 aliphatic rings. The number of hydrogen-bond donors (Lipinski definition) is 1. The smallest absolute Gasteiger partial charge is 0.338 e. The van der Waals surface area contributed by atoms with Crippen LogP contribution in [0, 0.1) is 6.92 Å². The van der Waals surface area contributed by atoms with Gasteiger partial charge in [-0.05, 0) is 31.2 Å². The van der Waals surface area contributed by atoms with E-state index in [1.54, 1.807) is 25.4 Å². The van der Waals surface area contributed by atoms with E-state index in [0.717, 1.165) is 38.9 Å². The van der Waals surface area contributed by atoms with Crippen molar-refractivity contribution >= 4 is 27.8 Å². The van der Waals surface area contributed by atoms with Crippen molar-refractivity contribution in [3.8, 4) is 17.1 Å². The highest BCUT2D eigenvalue weighted by Crippen LogP contribution is 2.34. The number of hydrogen-bond acceptors (Lipinski definition) is 5. The van der Waals surface area contributed by atoms with Gasteiger partial charge in [-0.15, -0.1) is 0 Å². The fourth-order valence-electron chi connectivity index (χ4n) is 3.25. The first-order valence-electron chi connectivity index (χ1n) is 8.10. The number of methoxy groups -OCH3 is 2. The lowest BCUT2D eigenvalue weighted by Gasteiger charge is -2.05. The summed E-state index contributed by atoms with van der Waals surface area (Å²) in [5.41, 5.74) is 4.85. The number of benzene rings is 1. The predicted molar refractivity (Wildman–Crippen MR) is 98.4 cm³/mol. The quantitative estimate of drug-likeness (QED) is 0.574. The summed E-state index contributed by atoms with van der Waals surface area (Å²) in [5, 5.41) is 6.14. The van der Waals surface area contributed by atoms with E-state index in [1.807, 2.05) is 30.8 Å². The molecule has 7 nitrogen and oxygen atoms in total. The maximum Gasteiger partial charge on any atom is 0.338 e. The van der Waals surface area contributed by atoms with Crippen LogP contribution in [0.4, 0.5) is 0 Å². The van der Waals surface area contributed by atoms with Crippen LogP contribution in [0.5, 0.6) is 5.75 Å². The maximum absolute atomic E-state index is 11.9. The van der Waals surface area contributed by atoms with Crippen molar-refractivity contribution in [2.24, 2.45) is 7.05 Å². The second-order valence-corrected chi connectivity index (χ2v) is 6.13. The number of carbonyl (C=O) groups is 1. The molecular formula is C19H18N4O3. The molecule has 3 aromatic heterocycles. The third kappa shape index (κ3) is 2.40. The molecule has 7 heteroatoms. The molecule has 0 fully saturated rings. The van der Waals surface area contributed by atoms with E-state index in [0.29, 0.717) is 11.3 Å². The number of aryl methyl sites for hydroxylation is 2. The molecule has 0 aliphatic carbocycles. The van der Waals surface area contributed by atoms with Crippen molar-refractivity contribution in [1.29, 1.82) is 0 Å². The van der Waals surface area contributed by atoms with Gasteiger partial charge in [0.05, 0.1) is 47.9 Å². The zero-order valence-electron chi connectivity index (χ0n) is 15.0. The molecule has 0 unspecified atom stereocenters. The van der Waals surface area contributed by atoms with E-state index in [1.165, 1.54) is 7.11 Å². The summed E-state index contributed by atoms with van der Waals surface area (Å²) in [4.78, 5) is 19.9. The van der Waals surface area contributed by atoms with E-state index >= 15 is 0 Å². The second-order valence-electron chi connectivity index (χ2n) is 6.13. The molecule has 4 rings (SSSR count). The molecule has 0 bridgehead atoms. The minimum Gasteiger partial charge on any atom is -0.495 e. The molecule has 0 saturated heterocycles. The summed E-state index contributed by atoms with van der Waals surface area (Å²) in [6, 6.07) is 7.43. The van der Waals surface area contributed by atoms with Crippen LogP contribution in [-0.4, -0.2) is 39.9 Å². The zero-order chi connectivity index (χ0) is 18.4. The number of nitrogens with one attached hydrogen (secondary N) is 1. The summed E-state index contributed by atoms with van der Waals surface area (Å²) in [6.07, 6.45) is 1.80. The molecule has 26 heavy (non-hydrogen) atoms. The van der Waals surface area contributed by atoms with Crippen LogP contribution in [0.3, 0.4) is 0 Å². The monoisotopic (exact) mass is 350 g/mol. The molecule has 0 saturated carbocycles. The molecule has 0 atom stereocenters. The van der Waals surface area contributed by atoms with E-state index in [2.05, 4.69) is 15.1 Å². The van der Waals surface area contributed by atoms with Crippen molar-refractivity contribution in [2.75, 3.05) is 14.2 Å². The Morgan fingerprint density at radius 1 is 1.15 bits per heavy atom. The number of H-pyrrole nitrogens is 1. The average Bonchev–Trinajstić information content (AvgIpc) is 3.18. The summed E-state index contributed by atoms with van der Waals surface area (Å²) < 4.78 is 12.1. The van der Waals surface area contributed by atoms with Gasteiger partial charge in [-0.2, -0.15) is 5.10 Å². The summed E-state index contributed by atoms with van der Waals surface area (Å²) in [6.45, 7) is 1.95. The van der Waals surface area contributed by atoms with Crippen LogP contribution in [0.15, 0.2) is 30.5 Å². The van der Waals surface area contributed by atoms with Crippen LogP contribution >= 0.6 is 0 Å². The van der Waals surface area contributed by atoms with Crippen molar-refractivity contribution in [3.63, 3.8) is 0 Å². The lowest BCUT2D eigenvalue weighted by atomic mass is 10.1. The molecule has 4 aromatic rings. The number of nitrogens with zero attached hydrogens (tertiary/aromatic N) is 3. The number of fused-ring (bicyclic) bond motifs is 3. The number of carbonyl (C=O) groups excluding carboxylic acids is 1. The number of rotatable bonds is 3. The Morgan fingerprint density at radius 3 is 2.62 bits per heavy atom. The van der Waals surface area contributed by atoms with Crippen molar-refractivity contribution < 1.29 is 14.3 Å². The number of aromatic nitrogens is 4. The van der Waals surface area contributed by atoms with Gasteiger partial charge in [0.2, 0.25) is 0 Å². The van der Waals surface area contributed by atoms with E-state index in [-0.39, 0.29) is 0 Å². The summed E-state index contributed by atoms with van der Waals surface area (Å²) in [5.74, 6) is 0.173. The van der Waals surface area contributed by atoms with Gasteiger partial charge in [-0.3, -0.25) is 9.67 Å². The van der Waals surface area contributed by atoms with Gasteiger partial charge in [-0.1, -0.05) is 0 Å². The van der Waals surface area contributed by atoms with E-state index in [4.69, 9.17) is 9.47 Å². The van der Waals surface area contributed by atoms with Gasteiger partial charge in [0.1, 0.15) is 5.75 Å². The topological polar surface area (TPSA) is 82.0 Å². The molecule has 0 amide bonds. The predicted octanol–water partition coefficient (Wildman–Crippen LogP) is 3.22. The Bertz CT molecular complexity index is 1160. The molecule has 0 spiro atoms. The Kier molecular flexibility index (Phi) is 3.64. The normalized spacial score (nSPS) is 11.2. The highest BCUT2D eigenvalue weighted by atomic mass is 16.5. The number of pyridine rings is 1. The highest BCUT2D eigenvalue weighted by molar-refractivity contribution is 6.11. The average molecular weight is 350 g/mol.